The Hall–Kier alpha value is -3.18. The molecule has 1 fully saturated rings. The van der Waals surface area contributed by atoms with Crippen LogP contribution < -0.4 is 8.61 Å². The summed E-state index contributed by atoms with van der Waals surface area (Å²) >= 11 is 0. The average Bonchev–Trinajstić information content (AvgIpc) is 2.95. The van der Waals surface area contributed by atoms with Gasteiger partial charge in [-0.05, 0) is 78.8 Å². The van der Waals surface area contributed by atoms with Gasteiger partial charge in [0.1, 0.15) is 0 Å². The summed E-state index contributed by atoms with van der Waals surface area (Å²) in [4.78, 5) is 4.88. The minimum absolute atomic E-state index is 0.0432. The minimum atomic E-state index is -4.06. The highest BCUT2D eigenvalue weighted by atomic mass is 32.3. The van der Waals surface area contributed by atoms with Crippen LogP contribution in [0.5, 0.6) is 0 Å². The summed E-state index contributed by atoms with van der Waals surface area (Å²) in [5, 5.41) is 9.72. The third-order valence-corrected chi connectivity index (χ3v) is 10.8. The summed E-state index contributed by atoms with van der Waals surface area (Å²) in [5.41, 5.74) is 6.01. The monoisotopic (exact) mass is 611 g/mol. The first kappa shape index (κ1) is 31.7. The Balaban J connectivity index is 1.80. The van der Waals surface area contributed by atoms with Crippen molar-refractivity contribution >= 4 is 42.6 Å². The Morgan fingerprint density at radius 2 is 1.29 bits per heavy atom. The zero-order chi connectivity index (χ0) is 30.5. The van der Waals surface area contributed by atoms with Gasteiger partial charge in [0.15, 0.2) is 0 Å². The van der Waals surface area contributed by atoms with E-state index in [1.807, 2.05) is 30.3 Å². The molecule has 1 aliphatic heterocycles. The fraction of sp³-hybridized carbons (Fsp3) is 0.375. The molecule has 0 spiro atoms. The number of hydrogen-bond donors (Lipinski definition) is 1. The van der Waals surface area contributed by atoms with Crippen molar-refractivity contribution in [1.82, 2.24) is 4.90 Å². The van der Waals surface area contributed by atoms with Crippen LogP contribution in [0.2, 0.25) is 0 Å². The first-order valence-corrected chi connectivity index (χ1v) is 17.9. The Bertz CT molecular complexity index is 1550. The second-order valence-corrected chi connectivity index (χ2v) is 14.9. The van der Waals surface area contributed by atoms with Crippen LogP contribution in [0, 0.1) is 0 Å². The Kier molecular flexibility index (Phi) is 10.1. The maximum atomic E-state index is 12.4. The Morgan fingerprint density at radius 1 is 0.762 bits per heavy atom. The first-order valence-electron chi connectivity index (χ1n) is 14.2. The van der Waals surface area contributed by atoms with E-state index in [1.54, 1.807) is 12.1 Å². The number of benzene rings is 3. The fourth-order valence-electron chi connectivity index (χ4n) is 5.54. The first-order chi connectivity index (χ1) is 19.9. The maximum absolute atomic E-state index is 12.4. The van der Waals surface area contributed by atoms with E-state index in [9.17, 15) is 21.9 Å². The van der Waals surface area contributed by atoms with E-state index < -0.39 is 20.0 Å². The molecule has 0 unspecified atom stereocenters. The maximum Gasteiger partial charge on any atom is 0.245 e. The van der Waals surface area contributed by atoms with Crippen molar-refractivity contribution < 1.29 is 21.9 Å². The van der Waals surface area contributed by atoms with Gasteiger partial charge in [0, 0.05) is 44.5 Å². The van der Waals surface area contributed by atoms with Gasteiger partial charge in [-0.25, -0.2) is 16.8 Å². The van der Waals surface area contributed by atoms with Crippen molar-refractivity contribution in [2.24, 2.45) is 0 Å². The van der Waals surface area contributed by atoms with E-state index in [0.717, 1.165) is 72.2 Å². The van der Waals surface area contributed by atoms with Crippen molar-refractivity contribution in [1.29, 1.82) is 0 Å². The van der Waals surface area contributed by atoms with Gasteiger partial charge in [-0.15, -0.1) is 0 Å². The van der Waals surface area contributed by atoms with Gasteiger partial charge in [0.25, 0.3) is 0 Å². The van der Waals surface area contributed by atoms with E-state index in [2.05, 4.69) is 47.9 Å². The molecular formula is C32H41N3O5S2. The molecule has 0 aliphatic carbocycles. The Morgan fingerprint density at radius 3 is 1.76 bits per heavy atom. The molecule has 0 saturated carbocycles. The second kappa shape index (κ2) is 13.4. The highest BCUT2D eigenvalue weighted by Gasteiger charge is 2.27. The summed E-state index contributed by atoms with van der Waals surface area (Å²) in [6.07, 6.45) is 2.94. The zero-order valence-corrected chi connectivity index (χ0v) is 26.4. The number of allylic oxidation sites excluding steroid dienone is 1. The molecule has 0 aromatic heterocycles. The summed E-state index contributed by atoms with van der Waals surface area (Å²) in [7, 11) is -8.12. The highest BCUT2D eigenvalue weighted by Crippen LogP contribution is 2.37. The fourth-order valence-corrected chi connectivity index (χ4v) is 8.51. The predicted octanol–water partition coefficient (Wildman–Crippen LogP) is 4.67. The van der Waals surface area contributed by atoms with Crippen LogP contribution in [0.15, 0.2) is 78.9 Å². The minimum Gasteiger partial charge on any atom is -0.396 e. The number of piperazine rings is 1. The smallest absolute Gasteiger partial charge is 0.245 e. The van der Waals surface area contributed by atoms with E-state index in [1.165, 1.54) is 12.1 Å². The second-order valence-electron chi connectivity index (χ2n) is 11.0. The van der Waals surface area contributed by atoms with Crippen LogP contribution in [0.3, 0.4) is 0 Å². The van der Waals surface area contributed by atoms with E-state index in [-0.39, 0.29) is 12.3 Å². The normalized spacial score (nSPS) is 15.5. The van der Waals surface area contributed by atoms with Gasteiger partial charge >= 0.3 is 0 Å². The summed E-state index contributed by atoms with van der Waals surface area (Å²) in [5.74, 6) is 0. The van der Waals surface area contributed by atoms with Crippen molar-refractivity contribution in [3.8, 4) is 0 Å². The average molecular weight is 612 g/mol. The number of aliphatic hydroxyl groups excluding tert-OH is 1. The number of aliphatic hydroxyl groups is 1. The van der Waals surface area contributed by atoms with E-state index in [0.29, 0.717) is 22.6 Å². The van der Waals surface area contributed by atoms with Crippen LogP contribution in [0.4, 0.5) is 11.4 Å². The molecule has 0 bridgehead atoms. The third-order valence-electron chi connectivity index (χ3n) is 7.54. The zero-order valence-electron chi connectivity index (χ0n) is 24.8. The lowest BCUT2D eigenvalue weighted by Gasteiger charge is -2.38. The summed E-state index contributed by atoms with van der Waals surface area (Å²) < 4.78 is 49.9. The molecule has 0 radical (unpaired) electrons. The molecule has 0 atom stereocenters. The van der Waals surface area contributed by atoms with Gasteiger partial charge in [0.2, 0.25) is 20.0 Å². The number of anilines is 2. The molecule has 1 saturated heterocycles. The SMILES string of the molecule is CC(C)N1CCN(c2ccc(/C(=C(/CCCO)c3ccccc3)c3ccc(N(S(C)(=O)=O)S(C)(=O)=O)cc3)cc2)CC1. The molecule has 4 rings (SSSR count). The predicted molar refractivity (Wildman–Crippen MR) is 173 cm³/mol. The van der Waals surface area contributed by atoms with Gasteiger partial charge < -0.3 is 10.0 Å². The van der Waals surface area contributed by atoms with Crippen molar-refractivity contribution in [2.75, 3.05) is 53.9 Å². The molecular weight excluding hydrogens is 571 g/mol. The molecule has 3 aromatic rings. The lowest BCUT2D eigenvalue weighted by atomic mass is 9.87. The molecule has 42 heavy (non-hydrogen) atoms. The number of nitrogens with zero attached hydrogens (tertiary/aromatic N) is 3. The van der Waals surface area contributed by atoms with Gasteiger partial charge in [-0.1, -0.05) is 54.6 Å². The van der Waals surface area contributed by atoms with Crippen LogP contribution in [0.25, 0.3) is 11.1 Å². The van der Waals surface area contributed by atoms with Crippen LogP contribution in [-0.4, -0.2) is 78.2 Å². The molecule has 1 aliphatic rings. The molecule has 0 amide bonds. The van der Waals surface area contributed by atoms with E-state index in [4.69, 9.17) is 0 Å². The number of rotatable bonds is 11. The molecule has 1 N–H and O–H groups in total. The quantitative estimate of drug-likeness (QED) is 0.315. The number of hydrogen-bond acceptors (Lipinski definition) is 7. The molecule has 3 aromatic carbocycles. The van der Waals surface area contributed by atoms with E-state index >= 15 is 0 Å². The lowest BCUT2D eigenvalue weighted by molar-refractivity contribution is 0.209. The third kappa shape index (κ3) is 7.60. The van der Waals surface area contributed by atoms with Crippen LogP contribution in [-0.2, 0) is 20.0 Å². The topological polar surface area (TPSA) is 98.2 Å². The molecule has 10 heteroatoms. The van der Waals surface area contributed by atoms with Gasteiger partial charge in [-0.3, -0.25) is 4.90 Å². The summed E-state index contributed by atoms with van der Waals surface area (Å²) in [6, 6.07) is 25.6. The number of sulfonamides is 2. The van der Waals surface area contributed by atoms with Crippen molar-refractivity contribution in [3.63, 3.8) is 0 Å². The van der Waals surface area contributed by atoms with Crippen LogP contribution >= 0.6 is 0 Å². The standard InChI is InChI=1S/C32H41N3O5S2/c1-25(2)33-20-22-34(23-21-33)29-16-12-27(13-17-29)32(31(11-8-24-36)26-9-6-5-7-10-26)28-14-18-30(19-15-28)35(41(3,37)38)42(4,39)40/h5-7,9-10,12-19,25,36H,8,11,20-24H2,1-4H3/b32-31+. The summed E-state index contributed by atoms with van der Waals surface area (Å²) in [6.45, 7) is 8.47. The van der Waals surface area contributed by atoms with Gasteiger partial charge in [0.05, 0.1) is 18.2 Å². The van der Waals surface area contributed by atoms with Crippen LogP contribution in [0.1, 0.15) is 43.4 Å². The Labute approximate surface area is 251 Å². The molecule has 226 valence electrons. The lowest BCUT2D eigenvalue weighted by Crippen LogP contribution is -2.48. The highest BCUT2D eigenvalue weighted by molar-refractivity contribution is 8.09. The van der Waals surface area contributed by atoms with Crippen molar-refractivity contribution in [2.45, 2.75) is 32.7 Å². The van der Waals surface area contributed by atoms with Gasteiger partial charge in [-0.2, -0.15) is 3.71 Å². The molecule has 1 heterocycles. The largest absolute Gasteiger partial charge is 0.396 e. The van der Waals surface area contributed by atoms with Crippen molar-refractivity contribution in [3.05, 3.63) is 95.6 Å². The molecule has 8 nitrogen and oxygen atoms in total.